The maximum atomic E-state index is 10.8. The zero-order chi connectivity index (χ0) is 11.9. The van der Waals surface area contributed by atoms with E-state index in [0.29, 0.717) is 19.4 Å². The van der Waals surface area contributed by atoms with Gasteiger partial charge in [-0.25, -0.2) is 0 Å². The Kier molecular flexibility index (Phi) is 2.76. The van der Waals surface area contributed by atoms with Crippen LogP contribution in [0.5, 0.6) is 0 Å². The van der Waals surface area contributed by atoms with Crippen LogP contribution < -0.4 is 0 Å². The molecule has 1 saturated heterocycles. The van der Waals surface area contributed by atoms with Gasteiger partial charge in [0.15, 0.2) is 0 Å². The van der Waals surface area contributed by atoms with Crippen LogP contribution in [0.2, 0.25) is 0 Å². The summed E-state index contributed by atoms with van der Waals surface area (Å²) in [6.45, 7) is 4.69. The quantitative estimate of drug-likeness (QED) is 0.782. The Balaban J connectivity index is 2.22. The lowest BCUT2D eigenvalue weighted by atomic mass is 9.55. The number of ether oxygens (including phenoxy) is 1. The smallest absolute Gasteiger partial charge is 0.0882 e. The van der Waals surface area contributed by atoms with Crippen molar-refractivity contribution in [1.82, 2.24) is 0 Å². The molecule has 0 bridgehead atoms. The molecule has 2 rings (SSSR count). The first kappa shape index (κ1) is 11.9. The third-order valence-electron chi connectivity index (χ3n) is 4.69. The fourth-order valence-corrected chi connectivity index (χ4v) is 3.07. The van der Waals surface area contributed by atoms with Crippen molar-refractivity contribution in [1.29, 1.82) is 5.26 Å². The van der Waals surface area contributed by atoms with E-state index in [1.165, 1.54) is 0 Å². The molecular formula is C13H21NO2. The van der Waals surface area contributed by atoms with Crippen LogP contribution in [0.25, 0.3) is 0 Å². The molecule has 1 aliphatic carbocycles. The van der Waals surface area contributed by atoms with Gasteiger partial charge in [0, 0.05) is 12.8 Å². The summed E-state index contributed by atoms with van der Waals surface area (Å²) in [6, 6.07) is 2.38. The summed E-state index contributed by atoms with van der Waals surface area (Å²) in [6.07, 6.45) is 4.86. The molecule has 1 aliphatic heterocycles. The minimum absolute atomic E-state index is 0.257. The van der Waals surface area contributed by atoms with Crippen molar-refractivity contribution in [3.63, 3.8) is 0 Å². The van der Waals surface area contributed by atoms with Crippen molar-refractivity contribution in [3.8, 4) is 6.07 Å². The molecule has 90 valence electrons. The van der Waals surface area contributed by atoms with Gasteiger partial charge in [0.25, 0.3) is 0 Å². The number of nitriles is 1. The van der Waals surface area contributed by atoms with Gasteiger partial charge in [-0.3, -0.25) is 0 Å². The normalized spacial score (nSPS) is 42.1. The number of hydrogen-bond acceptors (Lipinski definition) is 3. The molecule has 0 spiro atoms. The number of hydrogen-bond donors (Lipinski definition) is 1. The maximum Gasteiger partial charge on any atom is 0.0882 e. The zero-order valence-electron chi connectivity index (χ0n) is 10.3. The average molecular weight is 223 g/mol. The second kappa shape index (κ2) is 3.72. The Bertz CT molecular complexity index is 318. The van der Waals surface area contributed by atoms with Gasteiger partial charge >= 0.3 is 0 Å². The molecule has 0 radical (unpaired) electrons. The lowest BCUT2D eigenvalue weighted by Gasteiger charge is -2.54. The van der Waals surface area contributed by atoms with Crippen LogP contribution in [0.4, 0.5) is 0 Å². The van der Waals surface area contributed by atoms with E-state index in [-0.39, 0.29) is 5.60 Å². The lowest BCUT2D eigenvalue weighted by molar-refractivity contribution is -0.203. The molecule has 0 aromatic carbocycles. The Morgan fingerprint density at radius 3 is 2.50 bits per heavy atom. The summed E-state index contributed by atoms with van der Waals surface area (Å²) in [5, 5.41) is 20.2. The molecule has 3 heteroatoms. The minimum atomic E-state index is -0.830. The lowest BCUT2D eigenvalue weighted by Crippen LogP contribution is -2.59. The van der Waals surface area contributed by atoms with Gasteiger partial charge in [-0.15, -0.1) is 0 Å². The first-order valence-corrected chi connectivity index (χ1v) is 6.27. The highest BCUT2D eigenvalue weighted by molar-refractivity contribution is 5.17. The number of rotatable bonds is 2. The van der Waals surface area contributed by atoms with Crippen LogP contribution in [-0.4, -0.2) is 22.9 Å². The number of nitrogens with zero attached hydrogens (tertiary/aromatic N) is 1. The Hall–Kier alpha value is -0.590. The average Bonchev–Trinajstić information content (AvgIpc) is 2.16. The first-order valence-electron chi connectivity index (χ1n) is 6.27. The molecule has 1 N–H and O–H groups in total. The molecule has 0 aromatic rings. The molecule has 1 saturated carbocycles. The molecule has 2 unspecified atom stereocenters. The van der Waals surface area contributed by atoms with Crippen molar-refractivity contribution in [2.24, 2.45) is 5.41 Å². The maximum absolute atomic E-state index is 10.8. The van der Waals surface area contributed by atoms with Crippen LogP contribution >= 0.6 is 0 Å². The van der Waals surface area contributed by atoms with E-state index in [0.717, 1.165) is 25.7 Å². The fourth-order valence-electron chi connectivity index (χ4n) is 3.07. The van der Waals surface area contributed by atoms with Gasteiger partial charge in [-0.2, -0.15) is 5.26 Å². The van der Waals surface area contributed by atoms with Crippen LogP contribution in [0, 0.1) is 16.7 Å². The molecule has 2 aliphatic rings. The van der Waals surface area contributed by atoms with E-state index in [9.17, 15) is 10.4 Å². The van der Waals surface area contributed by atoms with Crippen molar-refractivity contribution in [2.75, 3.05) is 6.61 Å². The predicted octanol–water partition coefficient (Wildman–Crippen LogP) is 2.39. The third kappa shape index (κ3) is 1.56. The van der Waals surface area contributed by atoms with Gasteiger partial charge in [0.1, 0.15) is 0 Å². The molecule has 0 aromatic heterocycles. The summed E-state index contributed by atoms with van der Waals surface area (Å²) in [5.74, 6) is 0. The molecule has 0 amide bonds. The SMILES string of the molecule is CCC1(C)CC(O)(C2(C#N)CCC2)CCO1. The van der Waals surface area contributed by atoms with Gasteiger partial charge in [0.2, 0.25) is 0 Å². The van der Waals surface area contributed by atoms with Gasteiger partial charge in [-0.1, -0.05) is 13.3 Å². The first-order chi connectivity index (χ1) is 7.49. The van der Waals surface area contributed by atoms with E-state index < -0.39 is 11.0 Å². The highest BCUT2D eigenvalue weighted by Crippen LogP contribution is 2.55. The van der Waals surface area contributed by atoms with Crippen molar-refractivity contribution >= 4 is 0 Å². The number of aliphatic hydroxyl groups is 1. The zero-order valence-corrected chi connectivity index (χ0v) is 10.3. The fraction of sp³-hybridized carbons (Fsp3) is 0.923. The summed E-state index contributed by atoms with van der Waals surface area (Å²) >= 11 is 0. The molecular weight excluding hydrogens is 202 g/mol. The Morgan fingerprint density at radius 2 is 2.06 bits per heavy atom. The Morgan fingerprint density at radius 1 is 1.38 bits per heavy atom. The molecule has 1 heterocycles. The molecule has 2 fully saturated rings. The predicted molar refractivity (Wildman–Crippen MR) is 60.7 cm³/mol. The molecule has 3 nitrogen and oxygen atoms in total. The van der Waals surface area contributed by atoms with Gasteiger partial charge < -0.3 is 9.84 Å². The van der Waals surface area contributed by atoms with Gasteiger partial charge in [0.05, 0.1) is 29.3 Å². The standard InChI is InChI=1S/C13H21NO2/c1-3-11(2)9-13(15,7-8-16-11)12(10-14)5-4-6-12/h15H,3-9H2,1-2H3. The van der Waals surface area contributed by atoms with Gasteiger partial charge in [-0.05, 0) is 26.2 Å². The van der Waals surface area contributed by atoms with E-state index in [1.54, 1.807) is 0 Å². The second-order valence-electron chi connectivity index (χ2n) is 5.66. The third-order valence-corrected chi connectivity index (χ3v) is 4.69. The van der Waals surface area contributed by atoms with Crippen molar-refractivity contribution in [2.45, 2.75) is 63.6 Å². The van der Waals surface area contributed by atoms with Crippen LogP contribution in [0.3, 0.4) is 0 Å². The summed E-state index contributed by atoms with van der Waals surface area (Å²) in [7, 11) is 0. The summed E-state index contributed by atoms with van der Waals surface area (Å²) in [5.41, 5.74) is -1.58. The Labute approximate surface area is 97.4 Å². The van der Waals surface area contributed by atoms with Crippen molar-refractivity contribution in [3.05, 3.63) is 0 Å². The van der Waals surface area contributed by atoms with Crippen LogP contribution in [-0.2, 0) is 4.74 Å². The van der Waals surface area contributed by atoms with E-state index in [2.05, 4.69) is 13.0 Å². The monoisotopic (exact) mass is 223 g/mol. The van der Waals surface area contributed by atoms with E-state index in [1.807, 2.05) is 6.92 Å². The van der Waals surface area contributed by atoms with Crippen LogP contribution in [0.15, 0.2) is 0 Å². The van der Waals surface area contributed by atoms with Crippen LogP contribution in [0.1, 0.15) is 52.4 Å². The highest BCUT2D eigenvalue weighted by atomic mass is 16.5. The molecule has 2 atom stereocenters. The molecule has 16 heavy (non-hydrogen) atoms. The minimum Gasteiger partial charge on any atom is -0.388 e. The van der Waals surface area contributed by atoms with E-state index >= 15 is 0 Å². The topological polar surface area (TPSA) is 53.2 Å². The summed E-state index contributed by atoms with van der Waals surface area (Å²) in [4.78, 5) is 0. The second-order valence-corrected chi connectivity index (χ2v) is 5.66. The highest BCUT2D eigenvalue weighted by Gasteiger charge is 2.58. The van der Waals surface area contributed by atoms with Crippen molar-refractivity contribution < 1.29 is 9.84 Å². The summed E-state index contributed by atoms with van der Waals surface area (Å²) < 4.78 is 5.75. The van der Waals surface area contributed by atoms with E-state index in [4.69, 9.17) is 4.74 Å². The largest absolute Gasteiger partial charge is 0.388 e.